The maximum atomic E-state index is 14.9. The first-order chi connectivity index (χ1) is 27.0. The molecule has 0 spiro atoms. The van der Waals surface area contributed by atoms with Crippen molar-refractivity contribution < 1.29 is 11.4 Å². The summed E-state index contributed by atoms with van der Waals surface area (Å²) in [5, 5.41) is 4.76. The van der Waals surface area contributed by atoms with Gasteiger partial charge in [-0.15, -0.1) is 0 Å². The Morgan fingerprint density at radius 3 is 1.40 bits per heavy atom. The van der Waals surface area contributed by atoms with Gasteiger partial charge in [0.15, 0.2) is 0 Å². The molecule has 12 rings (SSSR count). The van der Waals surface area contributed by atoms with Crippen LogP contribution in [0.15, 0.2) is 174 Å². The van der Waals surface area contributed by atoms with Crippen LogP contribution in [0, 0.1) is 0 Å². The van der Waals surface area contributed by atoms with E-state index < -0.39 is 27.2 Å². The zero-order valence-corrected chi connectivity index (χ0v) is 31.8. The van der Waals surface area contributed by atoms with Crippen LogP contribution in [0.5, 0.6) is 0 Å². The molecule has 0 saturated heterocycles. The average Bonchev–Trinajstić information content (AvgIpc) is 3.93. The molecule has 0 aliphatic carbocycles. The van der Waals surface area contributed by atoms with E-state index in [4.69, 9.17) is 32.9 Å². The van der Waals surface area contributed by atoms with Gasteiger partial charge in [-0.25, -0.2) is 0 Å². The molecule has 0 fully saturated rings. The van der Waals surface area contributed by atoms with E-state index in [1.807, 2.05) is 128 Å². The Balaban J connectivity index is 1.29. The number of aliphatic imine (C=N–C) groups is 4. The van der Waals surface area contributed by atoms with Gasteiger partial charge in [-0.05, 0) is 0 Å². The van der Waals surface area contributed by atoms with Crippen LogP contribution >= 0.6 is 0 Å². The van der Waals surface area contributed by atoms with Gasteiger partial charge in [-0.3, -0.25) is 0 Å². The van der Waals surface area contributed by atoms with Gasteiger partial charge >= 0.3 is 320 Å². The fraction of sp³-hybridized carbons (Fsp3) is 0. The monoisotopic (exact) mass is 788 g/mol. The zero-order chi connectivity index (χ0) is 36.4. The zero-order valence-electron chi connectivity index (χ0n) is 28.6. The molecule has 6 bridgehead atoms. The predicted octanol–water partition coefficient (Wildman–Crippen LogP) is 6.48. The van der Waals surface area contributed by atoms with E-state index in [1.54, 1.807) is 18.2 Å². The Hall–Kier alpha value is -6.51. The summed E-state index contributed by atoms with van der Waals surface area (Å²) in [6.45, 7) is 0. The normalized spacial score (nSPS) is 15.1. The van der Waals surface area contributed by atoms with E-state index in [2.05, 4.69) is 0 Å². The van der Waals surface area contributed by atoms with Gasteiger partial charge in [0.05, 0.1) is 0 Å². The van der Waals surface area contributed by atoms with Crippen molar-refractivity contribution in [2.24, 2.45) is 30.0 Å². The van der Waals surface area contributed by atoms with Crippen LogP contribution in [-0.4, -0.2) is 55.4 Å². The number of hydrogen-bond donors (Lipinski definition) is 0. The number of hydrogen-bond acceptors (Lipinski definition) is 9. The third kappa shape index (κ3) is 4.46. The van der Waals surface area contributed by atoms with Gasteiger partial charge < -0.3 is 0 Å². The van der Waals surface area contributed by atoms with Gasteiger partial charge in [-0.2, -0.15) is 0 Å². The molecule has 4 aliphatic rings. The molecule has 4 aliphatic heterocycles. The fourth-order valence-corrected chi connectivity index (χ4v) is 16.1. The molecule has 258 valence electrons. The van der Waals surface area contributed by atoms with Crippen molar-refractivity contribution in [2.75, 3.05) is 0 Å². The van der Waals surface area contributed by atoms with Crippen LogP contribution in [0.3, 0.4) is 0 Å². The van der Waals surface area contributed by atoms with E-state index in [1.165, 1.54) is 0 Å². The number of benzene rings is 6. The summed E-state index contributed by atoms with van der Waals surface area (Å²) in [5.74, 6) is 2.81. The molecule has 2 aromatic heterocycles. The predicted molar refractivity (Wildman–Crippen MR) is 213 cm³/mol. The van der Waals surface area contributed by atoms with E-state index in [0.29, 0.717) is 46.0 Å². The van der Waals surface area contributed by atoms with Crippen LogP contribution < -0.4 is 11.0 Å². The summed E-state index contributed by atoms with van der Waals surface area (Å²) in [7, 11) is -4.43. The van der Waals surface area contributed by atoms with E-state index in [9.17, 15) is 8.42 Å². The summed E-state index contributed by atoms with van der Waals surface area (Å²) in [5.41, 5.74) is 4.23. The van der Waals surface area contributed by atoms with E-state index in [-0.39, 0.29) is 4.90 Å². The third-order valence-electron chi connectivity index (χ3n) is 10.5. The first kappa shape index (κ1) is 30.9. The van der Waals surface area contributed by atoms with Crippen molar-refractivity contribution in [1.82, 2.24) is 6.55 Å². The maximum absolute atomic E-state index is 14.9. The second-order valence-electron chi connectivity index (χ2n) is 13.6. The second-order valence-corrected chi connectivity index (χ2v) is 19.9. The third-order valence-corrected chi connectivity index (χ3v) is 18.3. The second kappa shape index (κ2) is 11.3. The van der Waals surface area contributed by atoms with E-state index in [0.717, 1.165) is 54.6 Å². The topological polar surface area (TPSA) is 127 Å². The SMILES string of the molecule is O=S(=O)([O][Ga]1[n]2c3c4ccccc4c2N=C2N=C(N=c4c5ccccc5c([n]41)=NC1=NC(=N3)c3ccccc31)c1ccccc12)c1ccc2ccccc2c1. The fourth-order valence-electron chi connectivity index (χ4n) is 7.96. The van der Waals surface area contributed by atoms with Gasteiger partial charge in [0, 0.05) is 0 Å². The minimum atomic E-state index is -4.43. The van der Waals surface area contributed by atoms with Gasteiger partial charge in [0.25, 0.3) is 0 Å². The molecule has 0 radical (unpaired) electrons. The molecule has 0 saturated carbocycles. The summed E-state index contributed by atoms with van der Waals surface area (Å²) in [6, 6.07) is 44.1. The van der Waals surface area contributed by atoms with Gasteiger partial charge in [0.1, 0.15) is 0 Å². The molecule has 0 amide bonds. The molecule has 0 N–H and O–H groups in total. The molecule has 6 aromatic carbocycles. The van der Waals surface area contributed by atoms with Crippen molar-refractivity contribution in [2.45, 2.75) is 4.90 Å². The van der Waals surface area contributed by atoms with Crippen LogP contribution in [0.25, 0.3) is 32.3 Å². The summed E-state index contributed by atoms with van der Waals surface area (Å²) < 4.78 is 40.4. The molecular weight excluding hydrogens is 766 g/mol. The Morgan fingerprint density at radius 2 is 0.873 bits per heavy atom. The van der Waals surface area contributed by atoms with Crippen molar-refractivity contribution in [1.29, 1.82) is 0 Å². The summed E-state index contributed by atoms with van der Waals surface area (Å²) in [4.78, 5) is 31.3. The summed E-state index contributed by atoms with van der Waals surface area (Å²) >= 11 is -4.43. The van der Waals surface area contributed by atoms with Crippen LogP contribution in [0.2, 0.25) is 0 Å². The standard InChI is InChI=1S/C32H16N8.C10H8O3S.Ga/c1-2-10-18-17(9-1)25-33-26(18)38-28-21-13-5-6-14-22(21)30(35-28)40-32-24-16-8-7-15-23(24)31(36-32)39-29-20-12-4-3-11-19(20)27(34-29)37-25;11-14(12,13)10-6-5-8-3-1-2-4-9(8)7-10;/h1-16H;1-7H,(H,11,12,13);/q-2;;+3/p-1. The van der Waals surface area contributed by atoms with Crippen LogP contribution in [0.4, 0.5) is 11.6 Å². The average molecular weight is 789 g/mol. The molecule has 8 aromatic rings. The van der Waals surface area contributed by atoms with Crippen molar-refractivity contribution in [3.05, 3.63) is 173 Å². The van der Waals surface area contributed by atoms with Crippen molar-refractivity contribution in [3.8, 4) is 0 Å². The quantitative estimate of drug-likeness (QED) is 0.190. The molecule has 0 atom stereocenters. The van der Waals surface area contributed by atoms with Gasteiger partial charge in [-0.1, -0.05) is 0 Å². The Bertz CT molecular complexity index is 3290. The molecule has 11 nitrogen and oxygen atoms in total. The number of amidine groups is 4. The number of nitrogens with zero attached hydrogens (tertiary/aromatic N) is 8. The number of aromatic nitrogens is 2. The Labute approximate surface area is 318 Å². The molecule has 0 unspecified atom stereocenters. The molecule has 13 heteroatoms. The van der Waals surface area contributed by atoms with E-state index >= 15 is 0 Å². The van der Waals surface area contributed by atoms with Crippen molar-refractivity contribution >= 4 is 94.5 Å². The first-order valence-corrected chi connectivity index (χ1v) is 22.2. The first-order valence-electron chi connectivity index (χ1n) is 17.7. The molecule has 6 heterocycles. The summed E-state index contributed by atoms with van der Waals surface area (Å²) in [6.07, 6.45) is 0. The molecular formula is C42H23GaN8O3S. The van der Waals surface area contributed by atoms with Gasteiger partial charge in [0.2, 0.25) is 0 Å². The minimum absolute atomic E-state index is 0.0424. The van der Waals surface area contributed by atoms with Crippen LogP contribution in [-0.2, 0) is 13.1 Å². The Kier molecular flexibility index (Phi) is 6.32. The van der Waals surface area contributed by atoms with Crippen molar-refractivity contribution in [3.63, 3.8) is 0 Å². The van der Waals surface area contributed by atoms with Crippen LogP contribution in [0.1, 0.15) is 22.3 Å². The number of fused-ring (bicyclic) bond motifs is 15. The Morgan fingerprint density at radius 1 is 0.436 bits per heavy atom. The molecule has 55 heavy (non-hydrogen) atoms. The number of rotatable bonds is 3.